The van der Waals surface area contributed by atoms with E-state index in [9.17, 15) is 5.11 Å². The smallest absolute Gasteiger partial charge is 0.128 e. The highest BCUT2D eigenvalue weighted by Crippen LogP contribution is 2.22. The summed E-state index contributed by atoms with van der Waals surface area (Å²) >= 11 is 0. The monoisotopic (exact) mass is 238 g/mol. The van der Waals surface area contributed by atoms with Crippen molar-refractivity contribution >= 4 is 0 Å². The van der Waals surface area contributed by atoms with Gasteiger partial charge in [0, 0.05) is 11.6 Å². The van der Waals surface area contributed by atoms with Gasteiger partial charge in [-0.25, -0.2) is 0 Å². The number of hydrogen-bond donors (Lipinski definition) is 3. The summed E-state index contributed by atoms with van der Waals surface area (Å²) in [6.45, 7) is 5.69. The van der Waals surface area contributed by atoms with E-state index in [4.69, 9.17) is 4.74 Å². The number of quaternary nitrogens is 2. The summed E-state index contributed by atoms with van der Waals surface area (Å²) in [4.78, 5) is 3.16. The molecule has 0 radical (unpaired) electrons. The van der Waals surface area contributed by atoms with Gasteiger partial charge in [-0.1, -0.05) is 0 Å². The Labute approximate surface area is 102 Å². The highest BCUT2D eigenvalue weighted by atomic mass is 16.5. The Bertz CT molecular complexity index is 374. The SMILES string of the molecule is COc1ccc(C[NH+]2CC[NH+](C)CC2)c(O)c1. The number of benzene rings is 1. The molecular formula is C13H22N2O2+2. The first-order valence-electron chi connectivity index (χ1n) is 6.20. The summed E-state index contributed by atoms with van der Waals surface area (Å²) in [5.41, 5.74) is 1.01. The molecule has 1 aromatic rings. The van der Waals surface area contributed by atoms with Gasteiger partial charge in [0.1, 0.15) is 44.2 Å². The van der Waals surface area contributed by atoms with Crippen LogP contribution in [0.25, 0.3) is 0 Å². The second kappa shape index (κ2) is 5.38. The van der Waals surface area contributed by atoms with Crippen LogP contribution < -0.4 is 14.5 Å². The van der Waals surface area contributed by atoms with Crippen LogP contribution in [0, 0.1) is 0 Å². The molecule has 1 saturated heterocycles. The molecule has 3 N–H and O–H groups in total. The average molecular weight is 238 g/mol. The third-order valence-corrected chi connectivity index (χ3v) is 3.54. The van der Waals surface area contributed by atoms with Gasteiger partial charge in [-0.3, -0.25) is 0 Å². The quantitative estimate of drug-likeness (QED) is 0.588. The molecule has 94 valence electrons. The third-order valence-electron chi connectivity index (χ3n) is 3.54. The Morgan fingerprint density at radius 2 is 1.94 bits per heavy atom. The second-order valence-corrected chi connectivity index (χ2v) is 4.88. The maximum absolute atomic E-state index is 9.91. The first-order chi connectivity index (χ1) is 8.19. The number of phenols is 1. The molecule has 0 unspecified atom stereocenters. The summed E-state index contributed by atoms with van der Waals surface area (Å²) in [5.74, 6) is 1.06. The van der Waals surface area contributed by atoms with E-state index in [1.54, 1.807) is 23.0 Å². The van der Waals surface area contributed by atoms with Crippen molar-refractivity contribution in [1.29, 1.82) is 0 Å². The lowest BCUT2D eigenvalue weighted by atomic mass is 10.1. The Kier molecular flexibility index (Phi) is 3.86. The number of rotatable bonds is 3. The van der Waals surface area contributed by atoms with Gasteiger partial charge in [-0.05, 0) is 12.1 Å². The van der Waals surface area contributed by atoms with Crippen LogP contribution in [-0.2, 0) is 6.54 Å². The molecule has 1 heterocycles. The summed E-state index contributed by atoms with van der Waals surface area (Å²) in [7, 11) is 3.85. The third kappa shape index (κ3) is 3.11. The molecule has 0 aromatic heterocycles. The van der Waals surface area contributed by atoms with Crippen LogP contribution in [0.15, 0.2) is 18.2 Å². The van der Waals surface area contributed by atoms with Crippen molar-refractivity contribution in [2.75, 3.05) is 40.3 Å². The average Bonchev–Trinajstić information content (AvgIpc) is 2.34. The van der Waals surface area contributed by atoms with E-state index in [-0.39, 0.29) is 0 Å². The van der Waals surface area contributed by atoms with Gasteiger partial charge >= 0.3 is 0 Å². The van der Waals surface area contributed by atoms with Crippen molar-refractivity contribution in [3.8, 4) is 11.5 Å². The number of methoxy groups -OCH3 is 1. The molecule has 0 aliphatic carbocycles. The van der Waals surface area contributed by atoms with E-state index in [0.29, 0.717) is 11.5 Å². The van der Waals surface area contributed by atoms with Crippen LogP contribution in [0.3, 0.4) is 0 Å². The number of ether oxygens (including phenoxy) is 1. The van der Waals surface area contributed by atoms with Crippen molar-refractivity contribution < 1.29 is 19.6 Å². The molecule has 1 aliphatic heterocycles. The van der Waals surface area contributed by atoms with E-state index in [2.05, 4.69) is 7.05 Å². The number of aromatic hydroxyl groups is 1. The maximum atomic E-state index is 9.91. The molecule has 1 fully saturated rings. The summed E-state index contributed by atoms with van der Waals surface area (Å²) < 4.78 is 5.08. The number of piperazine rings is 1. The van der Waals surface area contributed by atoms with Gasteiger partial charge in [0.05, 0.1) is 14.2 Å². The minimum Gasteiger partial charge on any atom is -0.507 e. The molecule has 0 bridgehead atoms. The standard InChI is InChI=1S/C13H20N2O2/c1-14-5-7-15(8-6-14)10-11-3-4-12(17-2)9-13(11)16/h3-4,9,16H,5-8,10H2,1-2H3/p+2. The first-order valence-corrected chi connectivity index (χ1v) is 6.20. The van der Waals surface area contributed by atoms with Gasteiger partial charge in [0.2, 0.25) is 0 Å². The van der Waals surface area contributed by atoms with Crippen molar-refractivity contribution in [3.63, 3.8) is 0 Å². The van der Waals surface area contributed by atoms with E-state index >= 15 is 0 Å². The molecule has 17 heavy (non-hydrogen) atoms. The molecule has 0 saturated carbocycles. The molecule has 1 aromatic carbocycles. The van der Waals surface area contributed by atoms with Crippen LogP contribution in [-0.4, -0.2) is 45.4 Å². The lowest BCUT2D eigenvalue weighted by Crippen LogP contribution is -3.26. The highest BCUT2D eigenvalue weighted by molar-refractivity contribution is 5.39. The number of hydrogen-bond acceptors (Lipinski definition) is 2. The van der Waals surface area contributed by atoms with Crippen LogP contribution in [0.5, 0.6) is 11.5 Å². The van der Waals surface area contributed by atoms with E-state index in [1.165, 1.54) is 26.2 Å². The lowest BCUT2D eigenvalue weighted by Gasteiger charge is -2.27. The van der Waals surface area contributed by atoms with Crippen molar-refractivity contribution in [3.05, 3.63) is 23.8 Å². The number of phenolic OH excluding ortho intramolecular Hbond substituents is 1. The highest BCUT2D eigenvalue weighted by Gasteiger charge is 2.21. The van der Waals surface area contributed by atoms with Gasteiger partial charge in [-0.2, -0.15) is 0 Å². The maximum Gasteiger partial charge on any atom is 0.128 e. The summed E-state index contributed by atoms with van der Waals surface area (Å²) in [5, 5.41) is 9.91. The minimum absolute atomic E-state index is 0.350. The van der Waals surface area contributed by atoms with Crippen LogP contribution in [0.4, 0.5) is 0 Å². The Hall–Kier alpha value is -1.26. The van der Waals surface area contributed by atoms with Gasteiger partial charge < -0.3 is 19.6 Å². The van der Waals surface area contributed by atoms with Crippen molar-refractivity contribution in [1.82, 2.24) is 0 Å². The van der Waals surface area contributed by atoms with Crippen molar-refractivity contribution in [2.45, 2.75) is 6.54 Å². The zero-order chi connectivity index (χ0) is 12.3. The Morgan fingerprint density at radius 3 is 2.53 bits per heavy atom. The van der Waals surface area contributed by atoms with Crippen LogP contribution >= 0.6 is 0 Å². The molecule has 2 rings (SSSR count). The predicted octanol–water partition coefficient (Wildman–Crippen LogP) is -1.69. The Balaban J connectivity index is 1.99. The topological polar surface area (TPSA) is 38.3 Å². The first kappa shape index (κ1) is 12.2. The van der Waals surface area contributed by atoms with E-state index < -0.39 is 0 Å². The van der Waals surface area contributed by atoms with Crippen molar-refractivity contribution in [2.24, 2.45) is 0 Å². The predicted molar refractivity (Wildman–Crippen MR) is 65.7 cm³/mol. The van der Waals surface area contributed by atoms with Crippen LogP contribution in [0.1, 0.15) is 5.56 Å². The fourth-order valence-electron chi connectivity index (χ4n) is 2.30. The number of nitrogens with one attached hydrogen (secondary N) is 2. The second-order valence-electron chi connectivity index (χ2n) is 4.88. The molecule has 1 aliphatic rings. The summed E-state index contributed by atoms with van der Waals surface area (Å²) in [6.07, 6.45) is 0. The largest absolute Gasteiger partial charge is 0.507 e. The lowest BCUT2D eigenvalue weighted by molar-refractivity contribution is -1.01. The van der Waals surface area contributed by atoms with Crippen LogP contribution in [0.2, 0.25) is 0 Å². The van der Waals surface area contributed by atoms with Gasteiger partial charge in [0.15, 0.2) is 0 Å². The zero-order valence-electron chi connectivity index (χ0n) is 10.6. The molecule has 0 spiro atoms. The molecule has 0 amide bonds. The zero-order valence-corrected chi connectivity index (χ0v) is 10.6. The Morgan fingerprint density at radius 1 is 1.24 bits per heavy atom. The van der Waals surface area contributed by atoms with E-state index in [0.717, 1.165) is 12.1 Å². The molecule has 4 heteroatoms. The van der Waals surface area contributed by atoms with E-state index in [1.807, 2.05) is 12.1 Å². The fraction of sp³-hybridized carbons (Fsp3) is 0.538. The molecule has 4 nitrogen and oxygen atoms in total. The number of likely N-dealkylation sites (N-methyl/N-ethyl adjacent to an activating group) is 1. The normalized spacial score (nSPS) is 24.6. The molecule has 0 atom stereocenters. The fourth-order valence-corrected chi connectivity index (χ4v) is 2.30. The minimum atomic E-state index is 0.350. The molecular weight excluding hydrogens is 216 g/mol. The van der Waals surface area contributed by atoms with Gasteiger partial charge in [0.25, 0.3) is 0 Å². The van der Waals surface area contributed by atoms with Gasteiger partial charge in [-0.15, -0.1) is 0 Å². The summed E-state index contributed by atoms with van der Waals surface area (Å²) in [6, 6.07) is 5.57.